The van der Waals surface area contributed by atoms with Gasteiger partial charge in [0.25, 0.3) is 0 Å². The molecule has 6 nitrogen and oxygen atoms in total. The molecule has 1 amide bonds. The molecule has 6 heteroatoms. The highest BCUT2D eigenvalue weighted by molar-refractivity contribution is 5.83. The van der Waals surface area contributed by atoms with Crippen LogP contribution in [0.25, 0.3) is 0 Å². The van der Waals surface area contributed by atoms with E-state index in [1.165, 1.54) is 0 Å². The van der Waals surface area contributed by atoms with Crippen molar-refractivity contribution < 1.29 is 4.79 Å². The first-order valence-electron chi connectivity index (χ1n) is 6.76. The van der Waals surface area contributed by atoms with Crippen molar-refractivity contribution in [1.82, 2.24) is 19.6 Å². The zero-order chi connectivity index (χ0) is 14.0. The third-order valence-electron chi connectivity index (χ3n) is 3.71. The Morgan fingerprint density at radius 2 is 1.95 bits per heavy atom. The van der Waals surface area contributed by atoms with Crippen LogP contribution in [-0.4, -0.2) is 57.7 Å². The van der Waals surface area contributed by atoms with Crippen molar-refractivity contribution in [3.63, 3.8) is 0 Å². The second-order valence-electron chi connectivity index (χ2n) is 5.38. The third-order valence-corrected chi connectivity index (χ3v) is 3.71. The molecule has 0 bridgehead atoms. The Hall–Kier alpha value is -1.40. The fourth-order valence-corrected chi connectivity index (χ4v) is 2.40. The van der Waals surface area contributed by atoms with Crippen LogP contribution in [0.15, 0.2) is 12.4 Å². The second-order valence-corrected chi connectivity index (χ2v) is 5.38. The molecular formula is C13H23N5O. The van der Waals surface area contributed by atoms with Gasteiger partial charge in [-0.05, 0) is 13.8 Å². The van der Waals surface area contributed by atoms with Crippen molar-refractivity contribution in [2.45, 2.75) is 25.9 Å². The van der Waals surface area contributed by atoms with Gasteiger partial charge in [-0.1, -0.05) is 0 Å². The number of nitrogens with zero attached hydrogens (tertiary/aromatic N) is 4. The molecule has 2 heterocycles. The molecule has 0 spiro atoms. The molecule has 1 fully saturated rings. The summed E-state index contributed by atoms with van der Waals surface area (Å²) in [5.74, 6) is -0.00333. The molecule has 19 heavy (non-hydrogen) atoms. The summed E-state index contributed by atoms with van der Waals surface area (Å²) in [6.07, 6.45) is 3.46. The summed E-state index contributed by atoms with van der Waals surface area (Å²) in [6.45, 7) is 7.71. The standard InChI is InChI=1S/C13H23N5O/c1-10(2)17-4-6-18(7-5-17)13(19)12(14)11-8-15-16(3)9-11/h8-10,12H,4-7,14H2,1-3H3. The number of nitrogens with two attached hydrogens (primary N) is 1. The van der Waals surface area contributed by atoms with Gasteiger partial charge in [0.05, 0.1) is 6.20 Å². The van der Waals surface area contributed by atoms with Crippen molar-refractivity contribution in [1.29, 1.82) is 0 Å². The minimum absolute atomic E-state index is 0.00333. The lowest BCUT2D eigenvalue weighted by molar-refractivity contribution is -0.134. The van der Waals surface area contributed by atoms with Crippen molar-refractivity contribution in [3.8, 4) is 0 Å². The highest BCUT2D eigenvalue weighted by Gasteiger charge is 2.27. The van der Waals surface area contributed by atoms with Gasteiger partial charge in [0.1, 0.15) is 6.04 Å². The molecule has 1 atom stereocenters. The summed E-state index contributed by atoms with van der Waals surface area (Å²) in [7, 11) is 1.82. The van der Waals surface area contributed by atoms with Crippen LogP contribution in [-0.2, 0) is 11.8 Å². The Labute approximate surface area is 114 Å². The number of aryl methyl sites for hydroxylation is 1. The summed E-state index contributed by atoms with van der Waals surface area (Å²) in [5, 5.41) is 4.06. The van der Waals surface area contributed by atoms with E-state index in [1.807, 2.05) is 11.9 Å². The zero-order valence-corrected chi connectivity index (χ0v) is 11.9. The first kappa shape index (κ1) is 14.0. The lowest BCUT2D eigenvalue weighted by Crippen LogP contribution is -2.52. The van der Waals surface area contributed by atoms with Crippen LogP contribution >= 0.6 is 0 Å². The van der Waals surface area contributed by atoms with E-state index in [0.717, 1.165) is 31.7 Å². The van der Waals surface area contributed by atoms with Gasteiger partial charge in [-0.25, -0.2) is 0 Å². The Morgan fingerprint density at radius 1 is 1.32 bits per heavy atom. The topological polar surface area (TPSA) is 67.4 Å². The molecule has 1 aliphatic heterocycles. The van der Waals surface area contributed by atoms with Gasteiger partial charge in [0.15, 0.2) is 0 Å². The van der Waals surface area contributed by atoms with Crippen LogP contribution in [0.2, 0.25) is 0 Å². The number of rotatable bonds is 3. The molecule has 1 aliphatic rings. The number of amides is 1. The van der Waals surface area contributed by atoms with Gasteiger partial charge >= 0.3 is 0 Å². The molecule has 2 N–H and O–H groups in total. The lowest BCUT2D eigenvalue weighted by atomic mass is 10.1. The number of piperazine rings is 1. The van der Waals surface area contributed by atoms with Gasteiger partial charge in [-0.3, -0.25) is 14.4 Å². The molecule has 0 aliphatic carbocycles. The normalized spacial score (nSPS) is 18.9. The van der Waals surface area contributed by atoms with E-state index in [9.17, 15) is 4.79 Å². The van der Waals surface area contributed by atoms with Crippen LogP contribution in [0, 0.1) is 0 Å². The number of hydrogen-bond donors (Lipinski definition) is 1. The van der Waals surface area contributed by atoms with Crippen molar-refractivity contribution in [2.75, 3.05) is 26.2 Å². The maximum atomic E-state index is 12.3. The van der Waals surface area contributed by atoms with Crippen molar-refractivity contribution >= 4 is 5.91 Å². The SMILES string of the molecule is CC(C)N1CCN(C(=O)C(N)c2cnn(C)c2)CC1. The zero-order valence-electron chi connectivity index (χ0n) is 11.9. The fraction of sp³-hybridized carbons (Fsp3) is 0.692. The predicted octanol–water partition coefficient (Wildman–Crippen LogP) is -0.0275. The Balaban J connectivity index is 1.94. The third kappa shape index (κ3) is 3.13. The lowest BCUT2D eigenvalue weighted by Gasteiger charge is -2.37. The van der Waals surface area contributed by atoms with E-state index in [0.29, 0.717) is 6.04 Å². The first-order chi connectivity index (χ1) is 8.99. The number of hydrogen-bond acceptors (Lipinski definition) is 4. The quantitative estimate of drug-likeness (QED) is 0.833. The monoisotopic (exact) mass is 265 g/mol. The van der Waals surface area contributed by atoms with Crippen LogP contribution in [0.4, 0.5) is 0 Å². The van der Waals surface area contributed by atoms with E-state index in [-0.39, 0.29) is 5.91 Å². The first-order valence-corrected chi connectivity index (χ1v) is 6.76. The van der Waals surface area contributed by atoms with Crippen molar-refractivity contribution in [2.24, 2.45) is 12.8 Å². The fourth-order valence-electron chi connectivity index (χ4n) is 2.40. The van der Waals surface area contributed by atoms with E-state index in [4.69, 9.17) is 5.73 Å². The molecule has 1 aromatic heterocycles. The van der Waals surface area contributed by atoms with Crippen molar-refractivity contribution in [3.05, 3.63) is 18.0 Å². The average molecular weight is 265 g/mol. The number of aromatic nitrogens is 2. The highest BCUT2D eigenvalue weighted by atomic mass is 16.2. The largest absolute Gasteiger partial charge is 0.338 e. The minimum atomic E-state index is -0.598. The number of carbonyl (C=O) groups excluding carboxylic acids is 1. The van der Waals surface area contributed by atoms with Gasteiger partial charge in [-0.15, -0.1) is 0 Å². The van der Waals surface area contributed by atoms with Crippen LogP contribution in [0.1, 0.15) is 25.5 Å². The van der Waals surface area contributed by atoms with E-state index < -0.39 is 6.04 Å². The minimum Gasteiger partial charge on any atom is -0.338 e. The van der Waals surface area contributed by atoms with Crippen LogP contribution in [0.3, 0.4) is 0 Å². The summed E-state index contributed by atoms with van der Waals surface area (Å²) in [6, 6.07) is -0.0662. The summed E-state index contributed by atoms with van der Waals surface area (Å²) in [4.78, 5) is 16.6. The molecule has 0 radical (unpaired) electrons. The van der Waals surface area contributed by atoms with Crippen LogP contribution < -0.4 is 5.73 Å². The van der Waals surface area contributed by atoms with E-state index >= 15 is 0 Å². The molecule has 1 aromatic rings. The summed E-state index contributed by atoms with van der Waals surface area (Å²) >= 11 is 0. The van der Waals surface area contributed by atoms with Gasteiger partial charge < -0.3 is 10.6 Å². The molecular weight excluding hydrogens is 242 g/mol. The van der Waals surface area contributed by atoms with Gasteiger partial charge in [0.2, 0.25) is 5.91 Å². The summed E-state index contributed by atoms with van der Waals surface area (Å²) in [5.41, 5.74) is 6.80. The predicted molar refractivity (Wildman–Crippen MR) is 73.4 cm³/mol. The summed E-state index contributed by atoms with van der Waals surface area (Å²) < 4.78 is 1.67. The van der Waals surface area contributed by atoms with E-state index in [1.54, 1.807) is 17.1 Å². The van der Waals surface area contributed by atoms with Gasteiger partial charge in [-0.2, -0.15) is 5.10 Å². The van der Waals surface area contributed by atoms with Crippen LogP contribution in [0.5, 0.6) is 0 Å². The maximum Gasteiger partial charge on any atom is 0.244 e. The Morgan fingerprint density at radius 3 is 2.42 bits per heavy atom. The molecule has 0 aromatic carbocycles. The molecule has 2 rings (SSSR count). The average Bonchev–Trinajstić information content (AvgIpc) is 2.84. The highest BCUT2D eigenvalue weighted by Crippen LogP contribution is 2.14. The van der Waals surface area contributed by atoms with E-state index in [2.05, 4.69) is 23.8 Å². The van der Waals surface area contributed by atoms with Gasteiger partial charge in [0, 0.05) is 51.0 Å². The Bertz CT molecular complexity index is 434. The molecule has 1 unspecified atom stereocenters. The smallest absolute Gasteiger partial charge is 0.244 e. The molecule has 106 valence electrons. The number of carbonyl (C=O) groups is 1. The molecule has 1 saturated heterocycles. The Kier molecular flexibility index (Phi) is 4.21. The molecule has 0 saturated carbocycles. The maximum absolute atomic E-state index is 12.3. The second kappa shape index (κ2) is 5.71.